The Morgan fingerprint density at radius 1 is 1.27 bits per heavy atom. The summed E-state index contributed by atoms with van der Waals surface area (Å²) in [6.45, 7) is 10.1. The predicted molar refractivity (Wildman–Crippen MR) is 93.5 cm³/mol. The van der Waals surface area contributed by atoms with E-state index in [0.717, 1.165) is 0 Å². The SMILES string of the molecule is CC(C)(C)[Si](C)(C)NS(=O)(=O)c1c[nH]c2cc(F)c(Br)cc12. The van der Waals surface area contributed by atoms with Gasteiger partial charge in [0.2, 0.25) is 10.0 Å². The van der Waals surface area contributed by atoms with Crippen LogP contribution in [0.1, 0.15) is 20.8 Å². The molecule has 122 valence electrons. The van der Waals surface area contributed by atoms with Crippen LogP contribution in [0.2, 0.25) is 18.1 Å². The van der Waals surface area contributed by atoms with Crippen molar-refractivity contribution in [3.63, 3.8) is 0 Å². The molecule has 2 N–H and O–H groups in total. The van der Waals surface area contributed by atoms with E-state index in [9.17, 15) is 12.8 Å². The van der Waals surface area contributed by atoms with Crippen LogP contribution in [0.25, 0.3) is 10.9 Å². The Morgan fingerprint density at radius 3 is 2.41 bits per heavy atom. The molecular weight excluding hydrogens is 387 g/mol. The number of nitrogens with one attached hydrogen (secondary N) is 2. The molecule has 8 heteroatoms. The first kappa shape index (κ1) is 17.6. The molecule has 0 amide bonds. The number of benzene rings is 1. The van der Waals surface area contributed by atoms with Gasteiger partial charge in [-0.3, -0.25) is 0 Å². The van der Waals surface area contributed by atoms with Crippen LogP contribution in [0.5, 0.6) is 0 Å². The lowest BCUT2D eigenvalue weighted by molar-refractivity contribution is 0.590. The van der Waals surface area contributed by atoms with Crippen LogP contribution in [-0.2, 0) is 10.0 Å². The number of aromatic nitrogens is 1. The van der Waals surface area contributed by atoms with Gasteiger partial charge in [-0.15, -0.1) is 0 Å². The second kappa shape index (κ2) is 5.43. The third-order valence-electron chi connectivity index (χ3n) is 4.24. The van der Waals surface area contributed by atoms with Crippen molar-refractivity contribution in [1.29, 1.82) is 0 Å². The average molecular weight is 407 g/mol. The molecular formula is C14H20BrFN2O2SSi. The molecule has 0 unspecified atom stereocenters. The maximum absolute atomic E-state index is 13.6. The molecule has 0 saturated heterocycles. The van der Waals surface area contributed by atoms with Gasteiger partial charge >= 0.3 is 0 Å². The Morgan fingerprint density at radius 2 is 1.86 bits per heavy atom. The molecule has 0 bridgehead atoms. The number of sulfonamides is 1. The van der Waals surface area contributed by atoms with Gasteiger partial charge in [0.05, 0.1) is 4.47 Å². The number of hydrogen-bond donors (Lipinski definition) is 2. The fourth-order valence-corrected chi connectivity index (χ4v) is 7.23. The van der Waals surface area contributed by atoms with Crippen LogP contribution < -0.4 is 4.39 Å². The monoisotopic (exact) mass is 406 g/mol. The van der Waals surface area contributed by atoms with Crippen molar-refractivity contribution in [2.24, 2.45) is 0 Å². The molecule has 0 aliphatic heterocycles. The van der Waals surface area contributed by atoms with E-state index < -0.39 is 24.1 Å². The van der Waals surface area contributed by atoms with E-state index in [1.54, 1.807) is 0 Å². The lowest BCUT2D eigenvalue weighted by Crippen LogP contribution is -2.54. The zero-order valence-corrected chi connectivity index (χ0v) is 16.6. The molecule has 1 aromatic heterocycles. The van der Waals surface area contributed by atoms with Gasteiger partial charge < -0.3 is 4.98 Å². The second-order valence-electron chi connectivity index (χ2n) is 6.95. The fraction of sp³-hybridized carbons (Fsp3) is 0.429. The Labute approximate surface area is 139 Å². The zero-order chi connectivity index (χ0) is 16.9. The van der Waals surface area contributed by atoms with Crippen molar-refractivity contribution in [2.75, 3.05) is 0 Å². The number of rotatable bonds is 3. The highest BCUT2D eigenvalue weighted by molar-refractivity contribution is 9.10. The van der Waals surface area contributed by atoms with Gasteiger partial charge in [-0.2, -0.15) is 0 Å². The molecule has 0 radical (unpaired) electrons. The van der Waals surface area contributed by atoms with Crippen molar-refractivity contribution in [3.05, 3.63) is 28.6 Å². The van der Waals surface area contributed by atoms with Gasteiger partial charge in [0.25, 0.3) is 0 Å². The first-order valence-corrected chi connectivity index (χ1v) is 12.1. The Balaban J connectivity index is 2.54. The highest BCUT2D eigenvalue weighted by Crippen LogP contribution is 2.36. The predicted octanol–water partition coefficient (Wildman–Crippen LogP) is 4.35. The average Bonchev–Trinajstić information content (AvgIpc) is 2.70. The van der Waals surface area contributed by atoms with Crippen LogP contribution in [-0.4, -0.2) is 21.6 Å². The van der Waals surface area contributed by atoms with Gasteiger partial charge in [-0.1, -0.05) is 33.9 Å². The summed E-state index contributed by atoms with van der Waals surface area (Å²) in [5, 5.41) is 0.346. The molecule has 2 rings (SSSR count). The van der Waals surface area contributed by atoms with Crippen LogP contribution in [0.15, 0.2) is 27.7 Å². The van der Waals surface area contributed by atoms with E-state index in [2.05, 4.69) is 25.3 Å². The van der Waals surface area contributed by atoms with E-state index in [1.807, 2.05) is 33.9 Å². The van der Waals surface area contributed by atoms with Crippen molar-refractivity contribution in [1.82, 2.24) is 9.37 Å². The maximum Gasteiger partial charge on any atom is 0.236 e. The van der Waals surface area contributed by atoms with Crippen LogP contribution in [0.3, 0.4) is 0 Å². The normalized spacial score (nSPS) is 13.8. The number of hydrogen-bond acceptors (Lipinski definition) is 2. The van der Waals surface area contributed by atoms with Gasteiger partial charge in [0.1, 0.15) is 18.9 Å². The number of aromatic amines is 1. The third kappa shape index (κ3) is 3.15. The summed E-state index contributed by atoms with van der Waals surface area (Å²) in [7, 11) is -5.92. The molecule has 22 heavy (non-hydrogen) atoms. The topological polar surface area (TPSA) is 62.0 Å². The first-order chi connectivity index (χ1) is 9.85. The highest BCUT2D eigenvalue weighted by Gasteiger charge is 2.40. The maximum atomic E-state index is 13.6. The Hall–Kier alpha value is -0.703. The lowest BCUT2D eigenvalue weighted by atomic mass is 10.2. The van der Waals surface area contributed by atoms with E-state index in [1.165, 1.54) is 18.3 Å². The summed E-state index contributed by atoms with van der Waals surface area (Å²) in [5.74, 6) is -0.435. The van der Waals surface area contributed by atoms with Gasteiger partial charge in [-0.25, -0.2) is 17.2 Å². The van der Waals surface area contributed by atoms with Crippen molar-refractivity contribution >= 4 is 45.1 Å². The first-order valence-electron chi connectivity index (χ1n) is 6.85. The van der Waals surface area contributed by atoms with Crippen molar-refractivity contribution in [2.45, 2.75) is 43.8 Å². The summed E-state index contributed by atoms with van der Waals surface area (Å²) in [6.07, 6.45) is 1.41. The minimum Gasteiger partial charge on any atom is -0.360 e. The number of H-pyrrole nitrogens is 1. The molecule has 0 spiro atoms. The molecule has 0 saturated carbocycles. The minimum atomic E-state index is -3.68. The Kier molecular flexibility index (Phi) is 4.36. The van der Waals surface area contributed by atoms with Crippen LogP contribution in [0.4, 0.5) is 4.39 Å². The van der Waals surface area contributed by atoms with Crippen LogP contribution in [0, 0.1) is 5.82 Å². The van der Waals surface area contributed by atoms with Gasteiger partial charge in [0.15, 0.2) is 0 Å². The zero-order valence-electron chi connectivity index (χ0n) is 13.2. The summed E-state index contributed by atoms with van der Waals surface area (Å²) in [6, 6.07) is 2.77. The van der Waals surface area contributed by atoms with Crippen molar-refractivity contribution < 1.29 is 12.8 Å². The largest absolute Gasteiger partial charge is 0.360 e. The van der Waals surface area contributed by atoms with Gasteiger partial charge in [-0.05, 0) is 33.1 Å². The summed E-state index contributed by atoms with van der Waals surface area (Å²) < 4.78 is 42.2. The Bertz CT molecular complexity index is 825. The van der Waals surface area contributed by atoms with Crippen LogP contribution >= 0.6 is 15.9 Å². The summed E-state index contributed by atoms with van der Waals surface area (Å²) in [5.41, 5.74) is 0.455. The second-order valence-corrected chi connectivity index (χ2v) is 14.8. The van der Waals surface area contributed by atoms with E-state index in [0.29, 0.717) is 10.9 Å². The fourth-order valence-electron chi connectivity index (χ4n) is 1.86. The molecule has 0 aliphatic rings. The molecule has 0 atom stereocenters. The quantitative estimate of drug-likeness (QED) is 0.743. The lowest BCUT2D eigenvalue weighted by Gasteiger charge is -2.36. The number of fused-ring (bicyclic) bond motifs is 1. The molecule has 2 aromatic rings. The molecule has 1 aromatic carbocycles. The molecule has 1 heterocycles. The molecule has 4 nitrogen and oxygen atoms in total. The third-order valence-corrected chi connectivity index (χ3v) is 12.6. The van der Waals surface area contributed by atoms with E-state index >= 15 is 0 Å². The number of halogens is 2. The van der Waals surface area contributed by atoms with Gasteiger partial charge in [0, 0.05) is 17.1 Å². The smallest absolute Gasteiger partial charge is 0.236 e. The van der Waals surface area contributed by atoms with E-state index in [4.69, 9.17) is 0 Å². The standard InChI is InChI=1S/C14H20BrFN2O2SSi/c1-14(2,3)22(4,5)18-21(19,20)13-8-17-12-7-11(16)10(15)6-9(12)13/h6-8,17-18H,1-5H3. The summed E-state index contributed by atoms with van der Waals surface area (Å²) in [4.78, 5) is 2.97. The molecule has 0 fully saturated rings. The minimum absolute atomic E-state index is 0.126. The van der Waals surface area contributed by atoms with E-state index in [-0.39, 0.29) is 14.4 Å². The highest BCUT2D eigenvalue weighted by atomic mass is 79.9. The molecule has 0 aliphatic carbocycles. The summed E-state index contributed by atoms with van der Waals surface area (Å²) >= 11 is 3.10. The van der Waals surface area contributed by atoms with Crippen molar-refractivity contribution in [3.8, 4) is 0 Å².